The molecule has 0 radical (unpaired) electrons. The van der Waals surface area contributed by atoms with E-state index in [4.69, 9.17) is 9.47 Å². The number of nitrogens with zero attached hydrogens (tertiary/aromatic N) is 1. The monoisotopic (exact) mass is 431 g/mol. The first-order valence-corrected chi connectivity index (χ1v) is 10.6. The Balaban J connectivity index is 1.55. The van der Waals surface area contributed by atoms with Crippen LogP contribution in [0.3, 0.4) is 0 Å². The average Bonchev–Trinajstić information content (AvgIpc) is 2.65. The number of alkyl halides is 3. The molecule has 2 atom stereocenters. The maximum absolute atomic E-state index is 13.2. The lowest BCUT2D eigenvalue weighted by atomic mass is 10.1. The Labute approximate surface area is 166 Å². The molecule has 0 amide bonds. The highest BCUT2D eigenvalue weighted by molar-refractivity contribution is 7.88. The van der Waals surface area contributed by atoms with Gasteiger partial charge in [0.2, 0.25) is 10.0 Å². The lowest BCUT2D eigenvalue weighted by Gasteiger charge is -2.25. The summed E-state index contributed by atoms with van der Waals surface area (Å²) >= 11 is 0. The minimum absolute atomic E-state index is 0.182. The SMILES string of the molecule is CS(=O)(=O)NC(c1ccc(CNCC2COc3cccnc3O2)cc1)C(F)(F)F. The number of rotatable bonds is 7. The van der Waals surface area contributed by atoms with E-state index in [0.29, 0.717) is 37.6 Å². The second kappa shape index (κ2) is 8.56. The van der Waals surface area contributed by atoms with Gasteiger partial charge in [-0.15, -0.1) is 0 Å². The van der Waals surface area contributed by atoms with Crippen LogP contribution in [0, 0.1) is 0 Å². The van der Waals surface area contributed by atoms with Gasteiger partial charge < -0.3 is 14.8 Å². The summed E-state index contributed by atoms with van der Waals surface area (Å²) in [5, 5.41) is 3.15. The van der Waals surface area contributed by atoms with E-state index in [2.05, 4.69) is 10.3 Å². The van der Waals surface area contributed by atoms with Gasteiger partial charge in [0.25, 0.3) is 5.88 Å². The highest BCUT2D eigenvalue weighted by Crippen LogP contribution is 2.33. The Hall–Kier alpha value is -2.37. The first-order valence-electron chi connectivity index (χ1n) is 8.70. The number of halogens is 3. The molecule has 0 saturated heterocycles. The van der Waals surface area contributed by atoms with E-state index in [1.54, 1.807) is 23.1 Å². The quantitative estimate of drug-likeness (QED) is 0.699. The molecule has 2 heterocycles. The number of hydrogen-bond acceptors (Lipinski definition) is 6. The van der Waals surface area contributed by atoms with Gasteiger partial charge in [0.05, 0.1) is 6.26 Å². The van der Waals surface area contributed by atoms with Crippen LogP contribution in [0.4, 0.5) is 13.2 Å². The van der Waals surface area contributed by atoms with Crippen LogP contribution < -0.4 is 19.5 Å². The van der Waals surface area contributed by atoms with Gasteiger partial charge >= 0.3 is 6.18 Å². The smallest absolute Gasteiger partial charge is 0.408 e. The Kier molecular flexibility index (Phi) is 6.30. The second-order valence-corrected chi connectivity index (χ2v) is 8.37. The molecule has 1 aromatic heterocycles. The van der Waals surface area contributed by atoms with Crippen LogP contribution in [0.1, 0.15) is 17.2 Å². The summed E-state index contributed by atoms with van der Waals surface area (Å²) in [7, 11) is -4.03. The van der Waals surface area contributed by atoms with Gasteiger partial charge in [-0.3, -0.25) is 0 Å². The number of ether oxygens (including phenoxy) is 2. The van der Waals surface area contributed by atoms with E-state index in [1.807, 2.05) is 0 Å². The molecule has 7 nitrogen and oxygen atoms in total. The number of sulfonamides is 1. The summed E-state index contributed by atoms with van der Waals surface area (Å²) in [5.41, 5.74) is 0.558. The molecule has 158 valence electrons. The largest absolute Gasteiger partial charge is 0.484 e. The molecule has 1 aliphatic rings. The van der Waals surface area contributed by atoms with Crippen molar-refractivity contribution in [2.24, 2.45) is 0 Å². The summed E-state index contributed by atoms with van der Waals surface area (Å²) in [6.45, 7) is 1.21. The topological polar surface area (TPSA) is 89.6 Å². The molecule has 0 spiro atoms. The van der Waals surface area contributed by atoms with Crippen LogP contribution in [0.25, 0.3) is 0 Å². The van der Waals surface area contributed by atoms with Crippen molar-refractivity contribution < 1.29 is 31.1 Å². The zero-order valence-electron chi connectivity index (χ0n) is 15.4. The van der Waals surface area contributed by atoms with Crippen molar-refractivity contribution in [2.45, 2.75) is 24.9 Å². The van der Waals surface area contributed by atoms with Crippen molar-refractivity contribution in [1.29, 1.82) is 0 Å². The molecule has 0 aliphatic carbocycles. The van der Waals surface area contributed by atoms with Crippen LogP contribution in [0.5, 0.6) is 11.6 Å². The Morgan fingerprint density at radius 1 is 1.24 bits per heavy atom. The molecular formula is C18H20F3N3O4S. The number of fused-ring (bicyclic) bond motifs is 1. The molecule has 0 saturated carbocycles. The fourth-order valence-corrected chi connectivity index (χ4v) is 3.49. The van der Waals surface area contributed by atoms with Gasteiger partial charge in [-0.2, -0.15) is 17.9 Å². The van der Waals surface area contributed by atoms with Crippen molar-refractivity contribution in [3.05, 3.63) is 53.7 Å². The molecule has 2 unspecified atom stereocenters. The van der Waals surface area contributed by atoms with Crippen molar-refractivity contribution in [2.75, 3.05) is 19.4 Å². The maximum Gasteiger partial charge on any atom is 0.408 e. The van der Waals surface area contributed by atoms with E-state index in [-0.39, 0.29) is 11.7 Å². The lowest BCUT2D eigenvalue weighted by Crippen LogP contribution is -2.38. The van der Waals surface area contributed by atoms with Crippen LogP contribution in [0.15, 0.2) is 42.6 Å². The van der Waals surface area contributed by atoms with Gasteiger partial charge in [0.15, 0.2) is 5.75 Å². The van der Waals surface area contributed by atoms with Gasteiger partial charge in [0, 0.05) is 19.3 Å². The minimum atomic E-state index is -4.74. The van der Waals surface area contributed by atoms with E-state index in [0.717, 1.165) is 5.56 Å². The molecule has 3 rings (SSSR count). The van der Waals surface area contributed by atoms with Crippen molar-refractivity contribution in [1.82, 2.24) is 15.0 Å². The van der Waals surface area contributed by atoms with Crippen molar-refractivity contribution >= 4 is 10.0 Å². The molecule has 0 fully saturated rings. The van der Waals surface area contributed by atoms with Crippen molar-refractivity contribution in [3.8, 4) is 11.6 Å². The molecule has 29 heavy (non-hydrogen) atoms. The van der Waals surface area contributed by atoms with Crippen LogP contribution in [-0.4, -0.2) is 45.1 Å². The van der Waals surface area contributed by atoms with Gasteiger partial charge in [-0.05, 0) is 23.3 Å². The molecule has 1 aliphatic heterocycles. The molecule has 2 aromatic rings. The van der Waals surface area contributed by atoms with Gasteiger partial charge in [-0.1, -0.05) is 24.3 Å². The number of pyridine rings is 1. The van der Waals surface area contributed by atoms with E-state index >= 15 is 0 Å². The number of aromatic nitrogens is 1. The average molecular weight is 431 g/mol. The molecule has 1 aromatic carbocycles. The van der Waals surface area contributed by atoms with Crippen LogP contribution in [0.2, 0.25) is 0 Å². The summed E-state index contributed by atoms with van der Waals surface area (Å²) in [6, 6.07) is 6.77. The van der Waals surface area contributed by atoms with Crippen molar-refractivity contribution in [3.63, 3.8) is 0 Å². The zero-order chi connectivity index (χ0) is 21.1. The first kappa shape index (κ1) is 21.3. The summed E-state index contributed by atoms with van der Waals surface area (Å²) in [4.78, 5) is 4.09. The normalized spacial score (nSPS) is 17.7. The Morgan fingerprint density at radius 2 is 1.97 bits per heavy atom. The summed E-state index contributed by atoms with van der Waals surface area (Å²) in [5.74, 6) is 1.01. The molecule has 2 N–H and O–H groups in total. The second-order valence-electron chi connectivity index (χ2n) is 6.59. The molecular weight excluding hydrogens is 411 g/mol. The fourth-order valence-electron chi connectivity index (χ4n) is 2.79. The standard InChI is InChI=1S/C18H20F3N3O4S/c1-29(25,26)24-16(18(19,20)21)13-6-4-12(5-7-13)9-22-10-14-11-27-15-3-2-8-23-17(15)28-14/h2-8,14,16,22,24H,9-11H2,1H3. The summed E-state index contributed by atoms with van der Waals surface area (Å²) in [6.07, 6.45) is -2.70. The maximum atomic E-state index is 13.2. The van der Waals surface area contributed by atoms with Gasteiger partial charge in [0.1, 0.15) is 18.8 Å². The third-order valence-electron chi connectivity index (χ3n) is 4.11. The zero-order valence-corrected chi connectivity index (χ0v) is 16.3. The number of benzene rings is 1. The molecule has 0 bridgehead atoms. The lowest BCUT2D eigenvalue weighted by molar-refractivity contribution is -0.153. The predicted octanol–water partition coefficient (Wildman–Crippen LogP) is 2.16. The highest BCUT2D eigenvalue weighted by Gasteiger charge is 2.42. The third-order valence-corrected chi connectivity index (χ3v) is 4.78. The number of hydrogen-bond donors (Lipinski definition) is 2. The number of nitrogens with one attached hydrogen (secondary N) is 2. The Bertz CT molecular complexity index is 936. The molecule has 11 heteroatoms. The van der Waals surface area contributed by atoms with E-state index < -0.39 is 22.2 Å². The summed E-state index contributed by atoms with van der Waals surface area (Å²) < 4.78 is 74.9. The predicted molar refractivity (Wildman–Crippen MR) is 99.1 cm³/mol. The fraction of sp³-hybridized carbons (Fsp3) is 0.389. The first-order chi connectivity index (χ1) is 13.6. The third kappa shape index (κ3) is 6.05. The van der Waals surface area contributed by atoms with Crippen LogP contribution in [-0.2, 0) is 16.6 Å². The van der Waals surface area contributed by atoms with E-state index in [9.17, 15) is 21.6 Å². The highest BCUT2D eigenvalue weighted by atomic mass is 32.2. The Morgan fingerprint density at radius 3 is 2.62 bits per heavy atom. The van der Waals surface area contributed by atoms with Crippen LogP contribution >= 0.6 is 0 Å². The van der Waals surface area contributed by atoms with Gasteiger partial charge in [-0.25, -0.2) is 13.4 Å². The van der Waals surface area contributed by atoms with E-state index in [1.165, 1.54) is 24.3 Å². The minimum Gasteiger partial charge on any atom is -0.484 e.